The highest BCUT2D eigenvalue weighted by atomic mass is 79.9. The Hall–Kier alpha value is -1.66. The van der Waals surface area contributed by atoms with Crippen molar-refractivity contribution in [2.75, 3.05) is 14.2 Å². The number of pyridine rings is 1. The first-order valence-electron chi connectivity index (χ1n) is 5.56. The van der Waals surface area contributed by atoms with Crippen LogP contribution >= 0.6 is 15.9 Å². The number of methoxy groups -OCH3 is 2. The molecule has 1 aromatic carbocycles. The van der Waals surface area contributed by atoms with Crippen LogP contribution in [0.3, 0.4) is 0 Å². The average Bonchev–Trinajstić information content (AvgIpc) is 2.43. The number of benzene rings is 1. The monoisotopic (exact) mass is 324 g/mol. The Labute approximate surface area is 118 Å². The molecular weight excluding hydrogens is 312 g/mol. The number of esters is 1. The molecule has 100 valence electrons. The van der Waals surface area contributed by atoms with Gasteiger partial charge in [0.2, 0.25) is 5.88 Å². The van der Waals surface area contributed by atoms with Crippen molar-refractivity contribution < 1.29 is 14.3 Å². The van der Waals surface area contributed by atoms with Crippen molar-refractivity contribution in [1.29, 1.82) is 0 Å². The van der Waals surface area contributed by atoms with Gasteiger partial charge in [0, 0.05) is 16.4 Å². The van der Waals surface area contributed by atoms with E-state index in [1.54, 1.807) is 6.07 Å². The highest BCUT2D eigenvalue weighted by molar-refractivity contribution is 9.10. The molecule has 0 aliphatic carbocycles. The molecule has 1 heterocycles. The van der Waals surface area contributed by atoms with Gasteiger partial charge in [-0.1, -0.05) is 15.9 Å². The highest BCUT2D eigenvalue weighted by Crippen LogP contribution is 2.28. The number of carbonyl (C=O) groups excluding carboxylic acids is 1. The first-order chi connectivity index (χ1) is 9.10. The standard InChI is InChI=1S/C13H13BrN2O3/c1-18-12-10(13(17)19-2)5-7-3-9(14)4-8(6-15)11(7)16-12/h3-5H,6,15H2,1-2H3. The van der Waals surface area contributed by atoms with Crippen molar-refractivity contribution in [2.24, 2.45) is 5.73 Å². The molecule has 0 unspecified atom stereocenters. The zero-order valence-electron chi connectivity index (χ0n) is 10.6. The number of carbonyl (C=O) groups is 1. The lowest BCUT2D eigenvalue weighted by Crippen LogP contribution is -2.07. The van der Waals surface area contributed by atoms with Crippen LogP contribution in [0, 0.1) is 0 Å². The average molecular weight is 325 g/mol. The van der Waals surface area contributed by atoms with E-state index in [9.17, 15) is 4.79 Å². The molecular formula is C13H13BrN2O3. The van der Waals surface area contributed by atoms with E-state index in [4.69, 9.17) is 15.2 Å². The molecule has 5 nitrogen and oxygen atoms in total. The summed E-state index contributed by atoms with van der Waals surface area (Å²) >= 11 is 3.41. The second-order valence-corrected chi connectivity index (χ2v) is 4.79. The fourth-order valence-corrected chi connectivity index (χ4v) is 2.39. The zero-order valence-corrected chi connectivity index (χ0v) is 12.2. The van der Waals surface area contributed by atoms with E-state index in [0.717, 1.165) is 20.9 Å². The predicted molar refractivity (Wildman–Crippen MR) is 75.2 cm³/mol. The Kier molecular flexibility index (Phi) is 4.01. The summed E-state index contributed by atoms with van der Waals surface area (Å²) in [5, 5.41) is 0.802. The van der Waals surface area contributed by atoms with Crippen LogP contribution in [0.5, 0.6) is 5.88 Å². The summed E-state index contributed by atoms with van der Waals surface area (Å²) in [6.45, 7) is 0.351. The van der Waals surface area contributed by atoms with Crippen molar-refractivity contribution in [2.45, 2.75) is 6.54 Å². The van der Waals surface area contributed by atoms with Crippen LogP contribution in [-0.4, -0.2) is 25.2 Å². The van der Waals surface area contributed by atoms with Crippen LogP contribution in [0.15, 0.2) is 22.7 Å². The summed E-state index contributed by atoms with van der Waals surface area (Å²) in [5.74, 6) is -0.253. The fourth-order valence-electron chi connectivity index (χ4n) is 1.87. The van der Waals surface area contributed by atoms with Crippen molar-refractivity contribution >= 4 is 32.8 Å². The molecule has 0 atom stereocenters. The van der Waals surface area contributed by atoms with E-state index in [1.165, 1.54) is 14.2 Å². The topological polar surface area (TPSA) is 74.4 Å². The number of nitrogens with two attached hydrogens (primary N) is 1. The molecule has 0 saturated carbocycles. The molecule has 0 amide bonds. The maximum atomic E-state index is 11.7. The summed E-state index contributed by atoms with van der Waals surface area (Å²) in [6.07, 6.45) is 0. The lowest BCUT2D eigenvalue weighted by molar-refractivity contribution is 0.0596. The molecule has 2 N–H and O–H groups in total. The second-order valence-electron chi connectivity index (χ2n) is 3.88. The number of hydrogen-bond donors (Lipinski definition) is 1. The molecule has 0 saturated heterocycles. The fraction of sp³-hybridized carbons (Fsp3) is 0.231. The van der Waals surface area contributed by atoms with Gasteiger partial charge in [0.05, 0.1) is 19.7 Å². The minimum Gasteiger partial charge on any atom is -0.480 e. The molecule has 2 rings (SSSR count). The molecule has 0 radical (unpaired) electrons. The number of rotatable bonds is 3. The van der Waals surface area contributed by atoms with Crippen molar-refractivity contribution in [1.82, 2.24) is 4.98 Å². The largest absolute Gasteiger partial charge is 0.480 e. The van der Waals surface area contributed by atoms with Gasteiger partial charge in [-0.05, 0) is 23.8 Å². The highest BCUT2D eigenvalue weighted by Gasteiger charge is 2.17. The van der Waals surface area contributed by atoms with Crippen LogP contribution in [0.2, 0.25) is 0 Å². The minimum atomic E-state index is -0.486. The number of aromatic nitrogens is 1. The molecule has 0 aliphatic rings. The first kappa shape index (κ1) is 13.8. The van der Waals surface area contributed by atoms with Gasteiger partial charge in [-0.2, -0.15) is 0 Å². The molecule has 0 fully saturated rings. The van der Waals surface area contributed by atoms with Gasteiger partial charge in [0.1, 0.15) is 5.56 Å². The molecule has 1 aromatic heterocycles. The summed E-state index contributed by atoms with van der Waals surface area (Å²) in [6, 6.07) is 5.46. The molecule has 19 heavy (non-hydrogen) atoms. The third kappa shape index (κ3) is 2.54. The minimum absolute atomic E-state index is 0.233. The third-order valence-corrected chi connectivity index (χ3v) is 3.20. The lowest BCUT2D eigenvalue weighted by atomic mass is 10.1. The number of ether oxygens (including phenoxy) is 2. The Morgan fingerprint density at radius 2 is 2.11 bits per heavy atom. The first-order valence-corrected chi connectivity index (χ1v) is 6.35. The Morgan fingerprint density at radius 3 is 2.68 bits per heavy atom. The van der Waals surface area contributed by atoms with Gasteiger partial charge in [-0.25, -0.2) is 9.78 Å². The van der Waals surface area contributed by atoms with E-state index in [2.05, 4.69) is 20.9 Å². The number of hydrogen-bond acceptors (Lipinski definition) is 5. The van der Waals surface area contributed by atoms with Crippen molar-refractivity contribution in [3.05, 3.63) is 33.8 Å². The van der Waals surface area contributed by atoms with Gasteiger partial charge in [0.25, 0.3) is 0 Å². The normalized spacial score (nSPS) is 10.5. The molecule has 2 aromatic rings. The van der Waals surface area contributed by atoms with Crippen LogP contribution in [0.25, 0.3) is 10.9 Å². The predicted octanol–water partition coefficient (Wildman–Crippen LogP) is 2.25. The third-order valence-electron chi connectivity index (χ3n) is 2.75. The second kappa shape index (κ2) is 5.54. The number of fused-ring (bicyclic) bond motifs is 1. The van der Waals surface area contributed by atoms with E-state index in [-0.39, 0.29) is 5.88 Å². The Bertz CT molecular complexity index is 643. The van der Waals surface area contributed by atoms with Crippen molar-refractivity contribution in [3.63, 3.8) is 0 Å². The van der Waals surface area contributed by atoms with Gasteiger partial charge < -0.3 is 15.2 Å². The molecule has 6 heteroatoms. The quantitative estimate of drug-likeness (QED) is 0.876. The summed E-state index contributed by atoms with van der Waals surface area (Å²) < 4.78 is 10.7. The smallest absolute Gasteiger partial charge is 0.343 e. The summed E-state index contributed by atoms with van der Waals surface area (Å²) in [5.41, 5.74) is 7.59. The van der Waals surface area contributed by atoms with Crippen LogP contribution < -0.4 is 10.5 Å². The van der Waals surface area contributed by atoms with Crippen LogP contribution in [0.4, 0.5) is 0 Å². The molecule has 0 spiro atoms. The van der Waals surface area contributed by atoms with Gasteiger partial charge in [0.15, 0.2) is 0 Å². The SMILES string of the molecule is COC(=O)c1cc2cc(Br)cc(CN)c2nc1OC. The van der Waals surface area contributed by atoms with Crippen LogP contribution in [-0.2, 0) is 11.3 Å². The Balaban J connectivity index is 2.77. The number of halogens is 1. The number of nitrogens with zero attached hydrogens (tertiary/aromatic N) is 1. The van der Waals surface area contributed by atoms with Crippen LogP contribution in [0.1, 0.15) is 15.9 Å². The summed E-state index contributed by atoms with van der Waals surface area (Å²) in [4.78, 5) is 16.0. The molecule has 0 aliphatic heterocycles. The Morgan fingerprint density at radius 1 is 1.37 bits per heavy atom. The van der Waals surface area contributed by atoms with Gasteiger partial charge >= 0.3 is 5.97 Å². The zero-order chi connectivity index (χ0) is 14.0. The van der Waals surface area contributed by atoms with Crippen molar-refractivity contribution in [3.8, 4) is 5.88 Å². The molecule has 0 bridgehead atoms. The maximum Gasteiger partial charge on any atom is 0.343 e. The van der Waals surface area contributed by atoms with E-state index >= 15 is 0 Å². The lowest BCUT2D eigenvalue weighted by Gasteiger charge is -2.10. The van der Waals surface area contributed by atoms with E-state index < -0.39 is 5.97 Å². The maximum absolute atomic E-state index is 11.7. The van der Waals surface area contributed by atoms with Gasteiger partial charge in [-0.15, -0.1) is 0 Å². The van der Waals surface area contributed by atoms with E-state index in [1.807, 2.05) is 12.1 Å². The van der Waals surface area contributed by atoms with E-state index in [0.29, 0.717) is 12.1 Å². The summed E-state index contributed by atoms with van der Waals surface area (Å²) in [7, 11) is 2.78. The van der Waals surface area contributed by atoms with Gasteiger partial charge in [-0.3, -0.25) is 0 Å².